The number of benzene rings is 1. The molecular formula is C14H17BrN2O. The van der Waals surface area contributed by atoms with Crippen molar-refractivity contribution in [1.82, 2.24) is 4.90 Å². The van der Waals surface area contributed by atoms with Gasteiger partial charge in [0, 0.05) is 28.8 Å². The van der Waals surface area contributed by atoms with Gasteiger partial charge in [0.05, 0.1) is 0 Å². The summed E-state index contributed by atoms with van der Waals surface area (Å²) in [5.41, 5.74) is 7.86. The Morgan fingerprint density at radius 1 is 1.39 bits per heavy atom. The zero-order valence-electron chi connectivity index (χ0n) is 10.4. The van der Waals surface area contributed by atoms with Crippen molar-refractivity contribution in [2.75, 3.05) is 18.8 Å². The Morgan fingerprint density at radius 2 is 1.94 bits per heavy atom. The van der Waals surface area contributed by atoms with E-state index in [1.807, 2.05) is 6.92 Å². The Labute approximate surface area is 116 Å². The highest BCUT2D eigenvalue weighted by molar-refractivity contribution is 9.10. The second kappa shape index (κ2) is 6.40. The van der Waals surface area contributed by atoms with Gasteiger partial charge in [0.15, 0.2) is 0 Å². The van der Waals surface area contributed by atoms with Gasteiger partial charge in [0.25, 0.3) is 5.91 Å². The summed E-state index contributed by atoms with van der Waals surface area (Å²) in [6, 6.07) is 3.57. The van der Waals surface area contributed by atoms with E-state index in [0.29, 0.717) is 24.3 Å². The molecule has 0 fully saturated rings. The van der Waals surface area contributed by atoms with E-state index in [-0.39, 0.29) is 5.91 Å². The quantitative estimate of drug-likeness (QED) is 0.671. The van der Waals surface area contributed by atoms with E-state index < -0.39 is 0 Å². The predicted octanol–water partition coefficient (Wildman–Crippen LogP) is 3.15. The molecule has 18 heavy (non-hydrogen) atoms. The van der Waals surface area contributed by atoms with Crippen LogP contribution in [0.25, 0.3) is 0 Å². The molecule has 0 unspecified atom stereocenters. The summed E-state index contributed by atoms with van der Waals surface area (Å²) in [6.07, 6.45) is 3.39. The molecule has 3 nitrogen and oxygen atoms in total. The van der Waals surface area contributed by atoms with Gasteiger partial charge in [-0.05, 0) is 24.6 Å². The first-order valence-electron chi connectivity index (χ1n) is 5.58. The lowest BCUT2D eigenvalue weighted by Crippen LogP contribution is -2.32. The number of rotatable bonds is 5. The topological polar surface area (TPSA) is 46.3 Å². The third kappa shape index (κ3) is 3.23. The number of carbonyl (C=O) groups excluding carboxylic acids is 1. The minimum absolute atomic E-state index is 0.0692. The number of carbonyl (C=O) groups is 1. The van der Waals surface area contributed by atoms with Crippen molar-refractivity contribution in [2.45, 2.75) is 6.92 Å². The highest BCUT2D eigenvalue weighted by Crippen LogP contribution is 2.23. The van der Waals surface area contributed by atoms with E-state index in [9.17, 15) is 4.79 Å². The predicted molar refractivity (Wildman–Crippen MR) is 79.6 cm³/mol. The largest absolute Gasteiger partial charge is 0.398 e. The molecule has 0 heterocycles. The van der Waals surface area contributed by atoms with Crippen LogP contribution in [0.15, 0.2) is 41.9 Å². The number of nitrogen functional groups attached to an aromatic ring is 1. The maximum absolute atomic E-state index is 12.4. The average molecular weight is 309 g/mol. The molecule has 96 valence electrons. The molecule has 0 aliphatic heterocycles. The molecule has 0 aliphatic rings. The zero-order chi connectivity index (χ0) is 13.7. The van der Waals surface area contributed by atoms with Crippen molar-refractivity contribution in [2.24, 2.45) is 0 Å². The first-order chi connectivity index (χ1) is 8.51. The molecule has 1 aromatic carbocycles. The minimum Gasteiger partial charge on any atom is -0.398 e. The Morgan fingerprint density at radius 3 is 2.44 bits per heavy atom. The normalized spacial score (nSPS) is 9.89. The second-order valence-corrected chi connectivity index (χ2v) is 4.87. The van der Waals surface area contributed by atoms with E-state index in [1.54, 1.807) is 29.2 Å². The van der Waals surface area contributed by atoms with Crippen LogP contribution in [0.5, 0.6) is 0 Å². The van der Waals surface area contributed by atoms with E-state index in [2.05, 4.69) is 29.1 Å². The van der Waals surface area contributed by atoms with Crippen LogP contribution in [0.3, 0.4) is 0 Å². The Bertz CT molecular complexity index is 473. The van der Waals surface area contributed by atoms with Crippen LogP contribution < -0.4 is 5.73 Å². The molecule has 0 radical (unpaired) electrons. The monoisotopic (exact) mass is 308 g/mol. The Kier molecular flexibility index (Phi) is 5.16. The Hall–Kier alpha value is -1.55. The van der Waals surface area contributed by atoms with Gasteiger partial charge in [0.2, 0.25) is 0 Å². The first-order valence-corrected chi connectivity index (χ1v) is 6.37. The van der Waals surface area contributed by atoms with Crippen LogP contribution in [-0.4, -0.2) is 23.9 Å². The standard InChI is InChI=1S/C14H17BrN2O/c1-4-6-17(7-5-2)14(18)12-8-11(15)9-13(16)10(12)3/h4-5,8-9H,1-2,6-7,16H2,3H3. The molecule has 2 N–H and O–H groups in total. The van der Waals surface area contributed by atoms with Gasteiger partial charge in [-0.25, -0.2) is 0 Å². The fourth-order valence-corrected chi connectivity index (χ4v) is 2.12. The lowest BCUT2D eigenvalue weighted by atomic mass is 10.1. The Balaban J connectivity index is 3.15. The van der Waals surface area contributed by atoms with Crippen LogP contribution in [0.2, 0.25) is 0 Å². The highest BCUT2D eigenvalue weighted by Gasteiger charge is 2.17. The number of nitrogens with zero attached hydrogens (tertiary/aromatic N) is 1. The van der Waals surface area contributed by atoms with Gasteiger partial charge in [-0.3, -0.25) is 4.79 Å². The fourth-order valence-electron chi connectivity index (χ4n) is 1.64. The number of anilines is 1. The third-order valence-corrected chi connectivity index (χ3v) is 3.09. The van der Waals surface area contributed by atoms with Gasteiger partial charge >= 0.3 is 0 Å². The number of hydrogen-bond donors (Lipinski definition) is 1. The number of halogens is 1. The van der Waals surface area contributed by atoms with Crippen LogP contribution in [0, 0.1) is 6.92 Å². The first kappa shape index (κ1) is 14.5. The molecule has 0 bridgehead atoms. The summed E-state index contributed by atoms with van der Waals surface area (Å²) in [4.78, 5) is 14.1. The summed E-state index contributed by atoms with van der Waals surface area (Å²) in [7, 11) is 0. The van der Waals surface area contributed by atoms with Crippen molar-refractivity contribution in [3.8, 4) is 0 Å². The van der Waals surface area contributed by atoms with Crippen molar-refractivity contribution < 1.29 is 4.79 Å². The molecule has 0 saturated heterocycles. The number of nitrogens with two attached hydrogens (primary N) is 1. The minimum atomic E-state index is -0.0692. The van der Waals surface area contributed by atoms with Crippen LogP contribution in [0.4, 0.5) is 5.69 Å². The third-order valence-electron chi connectivity index (χ3n) is 2.63. The van der Waals surface area contributed by atoms with Gasteiger partial charge in [0.1, 0.15) is 0 Å². The maximum atomic E-state index is 12.4. The molecule has 1 amide bonds. The number of hydrogen-bond acceptors (Lipinski definition) is 2. The van der Waals surface area contributed by atoms with E-state index >= 15 is 0 Å². The van der Waals surface area contributed by atoms with Crippen molar-refractivity contribution in [1.29, 1.82) is 0 Å². The van der Waals surface area contributed by atoms with E-state index in [0.717, 1.165) is 10.0 Å². The molecule has 0 atom stereocenters. The highest BCUT2D eigenvalue weighted by atomic mass is 79.9. The van der Waals surface area contributed by atoms with Crippen molar-refractivity contribution in [3.05, 3.63) is 53.0 Å². The summed E-state index contributed by atoms with van der Waals surface area (Å²) in [6.45, 7) is 10.1. The summed E-state index contributed by atoms with van der Waals surface area (Å²) in [5, 5.41) is 0. The van der Waals surface area contributed by atoms with E-state index in [4.69, 9.17) is 5.73 Å². The lowest BCUT2D eigenvalue weighted by Gasteiger charge is -2.21. The van der Waals surface area contributed by atoms with E-state index in [1.165, 1.54) is 0 Å². The molecule has 0 saturated carbocycles. The molecule has 1 rings (SSSR count). The lowest BCUT2D eigenvalue weighted by molar-refractivity contribution is 0.0790. The number of amides is 1. The zero-order valence-corrected chi connectivity index (χ0v) is 12.0. The van der Waals surface area contributed by atoms with Crippen LogP contribution in [0.1, 0.15) is 15.9 Å². The smallest absolute Gasteiger partial charge is 0.254 e. The maximum Gasteiger partial charge on any atom is 0.254 e. The second-order valence-electron chi connectivity index (χ2n) is 3.96. The van der Waals surface area contributed by atoms with Crippen molar-refractivity contribution >= 4 is 27.5 Å². The molecule has 4 heteroatoms. The molecule has 0 spiro atoms. The van der Waals surface area contributed by atoms with Gasteiger partial charge < -0.3 is 10.6 Å². The van der Waals surface area contributed by atoms with Crippen LogP contribution in [-0.2, 0) is 0 Å². The van der Waals surface area contributed by atoms with Crippen LogP contribution >= 0.6 is 15.9 Å². The molecule has 0 aliphatic carbocycles. The van der Waals surface area contributed by atoms with Gasteiger partial charge in [-0.2, -0.15) is 0 Å². The van der Waals surface area contributed by atoms with Crippen molar-refractivity contribution in [3.63, 3.8) is 0 Å². The van der Waals surface area contributed by atoms with Gasteiger partial charge in [-0.15, -0.1) is 13.2 Å². The average Bonchev–Trinajstić information content (AvgIpc) is 2.32. The summed E-state index contributed by atoms with van der Waals surface area (Å²) in [5.74, 6) is -0.0692. The van der Waals surface area contributed by atoms with Gasteiger partial charge in [-0.1, -0.05) is 28.1 Å². The molecule has 1 aromatic rings. The SMILES string of the molecule is C=CCN(CC=C)C(=O)c1cc(Br)cc(N)c1C. The molecular weight excluding hydrogens is 292 g/mol. The summed E-state index contributed by atoms with van der Waals surface area (Å²) < 4.78 is 0.797. The fraction of sp³-hybridized carbons (Fsp3) is 0.214. The molecule has 0 aromatic heterocycles. The summed E-state index contributed by atoms with van der Waals surface area (Å²) >= 11 is 3.35.